The molecule has 0 aliphatic rings. The molecule has 2 aromatic carbocycles. The van der Waals surface area contributed by atoms with Gasteiger partial charge in [0.25, 0.3) is 10.0 Å². The number of halogens is 2. The van der Waals surface area contributed by atoms with E-state index in [4.69, 9.17) is 23.2 Å². The maximum Gasteiger partial charge on any atom is 0.264 e. The third kappa shape index (κ3) is 5.82. The van der Waals surface area contributed by atoms with Crippen molar-refractivity contribution in [1.82, 2.24) is 9.97 Å². The molecular weight excluding hydrogens is 471 g/mol. The van der Waals surface area contributed by atoms with Crippen molar-refractivity contribution >= 4 is 54.9 Å². The number of sulfonamides is 2. The standard InChI is InChI=1S/C18H16Cl2N4O4S2/c1-12-8-9-21-18(22-12)24-30(27,28)16-6-4-15(5-7-16)23-29(25,26)11-13-2-3-14(19)10-17(13)20/h2-10,23H,11H2,1H3,(H,21,22,24). The number of hydrogen-bond donors (Lipinski definition) is 2. The number of nitrogens with zero attached hydrogens (tertiary/aromatic N) is 2. The van der Waals surface area contributed by atoms with Gasteiger partial charge in [-0.25, -0.2) is 31.5 Å². The molecule has 0 radical (unpaired) electrons. The highest BCUT2D eigenvalue weighted by atomic mass is 35.5. The number of hydrogen-bond acceptors (Lipinski definition) is 6. The Hall–Kier alpha value is -2.40. The summed E-state index contributed by atoms with van der Waals surface area (Å²) in [6, 6.07) is 11.4. The van der Waals surface area contributed by atoms with E-state index in [0.717, 1.165) is 0 Å². The van der Waals surface area contributed by atoms with Gasteiger partial charge in [-0.15, -0.1) is 0 Å². The average Bonchev–Trinajstić information content (AvgIpc) is 2.64. The maximum atomic E-state index is 12.5. The van der Waals surface area contributed by atoms with Gasteiger partial charge in [-0.05, 0) is 55.0 Å². The van der Waals surface area contributed by atoms with Crippen LogP contribution in [0.2, 0.25) is 10.0 Å². The van der Waals surface area contributed by atoms with Crippen molar-refractivity contribution in [3.63, 3.8) is 0 Å². The van der Waals surface area contributed by atoms with Gasteiger partial charge >= 0.3 is 0 Å². The largest absolute Gasteiger partial charge is 0.283 e. The zero-order valence-corrected chi connectivity index (χ0v) is 18.6. The van der Waals surface area contributed by atoms with Crippen LogP contribution in [0.15, 0.2) is 59.6 Å². The van der Waals surface area contributed by atoms with Crippen molar-refractivity contribution in [3.05, 3.63) is 76.0 Å². The van der Waals surface area contributed by atoms with Crippen LogP contribution in [0.25, 0.3) is 0 Å². The van der Waals surface area contributed by atoms with Crippen molar-refractivity contribution in [2.45, 2.75) is 17.6 Å². The van der Waals surface area contributed by atoms with Crippen LogP contribution in [0.3, 0.4) is 0 Å². The first kappa shape index (κ1) is 22.3. The van der Waals surface area contributed by atoms with E-state index >= 15 is 0 Å². The lowest BCUT2D eigenvalue weighted by Gasteiger charge is -2.11. The minimum atomic E-state index is -3.93. The Morgan fingerprint density at radius 1 is 0.933 bits per heavy atom. The first-order chi connectivity index (χ1) is 14.0. The quantitative estimate of drug-likeness (QED) is 0.523. The predicted molar refractivity (Wildman–Crippen MR) is 117 cm³/mol. The monoisotopic (exact) mass is 486 g/mol. The van der Waals surface area contributed by atoms with E-state index in [2.05, 4.69) is 19.4 Å². The SMILES string of the molecule is Cc1ccnc(NS(=O)(=O)c2ccc(NS(=O)(=O)Cc3ccc(Cl)cc3Cl)cc2)n1. The van der Waals surface area contributed by atoms with E-state index < -0.39 is 20.0 Å². The number of benzene rings is 2. The lowest BCUT2D eigenvalue weighted by molar-refractivity contribution is 0.599. The molecule has 12 heteroatoms. The highest BCUT2D eigenvalue weighted by molar-refractivity contribution is 7.92. The van der Waals surface area contributed by atoms with E-state index in [1.807, 2.05) is 0 Å². The van der Waals surface area contributed by atoms with Crippen molar-refractivity contribution in [1.29, 1.82) is 0 Å². The molecule has 2 N–H and O–H groups in total. The van der Waals surface area contributed by atoms with Crippen LogP contribution in [0.5, 0.6) is 0 Å². The summed E-state index contributed by atoms with van der Waals surface area (Å²) in [5, 5.41) is 0.634. The van der Waals surface area contributed by atoms with Gasteiger partial charge in [-0.1, -0.05) is 29.3 Å². The Kier molecular flexibility index (Phi) is 6.51. The molecule has 3 aromatic rings. The van der Waals surface area contributed by atoms with E-state index in [-0.39, 0.29) is 27.3 Å². The second-order valence-corrected chi connectivity index (χ2v) is 10.5. The Morgan fingerprint density at radius 2 is 1.63 bits per heavy atom. The molecule has 158 valence electrons. The van der Waals surface area contributed by atoms with Crippen molar-refractivity contribution < 1.29 is 16.8 Å². The summed E-state index contributed by atoms with van der Waals surface area (Å²) in [7, 11) is -7.72. The Bertz CT molecular complexity index is 1280. The topological polar surface area (TPSA) is 118 Å². The third-order valence-corrected chi connectivity index (χ3v) is 6.99. The van der Waals surface area contributed by atoms with Crippen LogP contribution in [0, 0.1) is 6.92 Å². The first-order valence-electron chi connectivity index (χ1n) is 8.41. The Balaban J connectivity index is 1.73. The second kappa shape index (κ2) is 8.76. The lowest BCUT2D eigenvalue weighted by atomic mass is 10.2. The van der Waals surface area contributed by atoms with Crippen molar-refractivity contribution in [2.75, 3.05) is 9.44 Å². The van der Waals surface area contributed by atoms with E-state index in [1.54, 1.807) is 19.1 Å². The second-order valence-electron chi connectivity index (χ2n) is 6.25. The molecule has 0 atom stereocenters. The molecule has 0 bridgehead atoms. The molecule has 0 aliphatic heterocycles. The van der Waals surface area contributed by atoms with Gasteiger partial charge in [0.2, 0.25) is 16.0 Å². The summed E-state index contributed by atoms with van der Waals surface area (Å²) < 4.78 is 54.4. The minimum absolute atomic E-state index is 0.0559. The van der Waals surface area contributed by atoms with Crippen LogP contribution >= 0.6 is 23.2 Å². The number of anilines is 2. The van der Waals surface area contributed by atoms with Gasteiger partial charge in [0.1, 0.15) is 0 Å². The molecule has 0 fully saturated rings. The predicted octanol–water partition coefficient (Wildman–Crippen LogP) is 3.83. The lowest BCUT2D eigenvalue weighted by Crippen LogP contribution is -2.17. The van der Waals surface area contributed by atoms with Crippen LogP contribution in [0.4, 0.5) is 11.6 Å². The molecule has 0 saturated heterocycles. The fraction of sp³-hybridized carbons (Fsp3) is 0.111. The molecule has 0 aliphatic carbocycles. The normalized spacial score (nSPS) is 11.8. The summed E-state index contributed by atoms with van der Waals surface area (Å²) in [5.41, 5.74) is 1.19. The molecule has 0 unspecified atom stereocenters. The van der Waals surface area contributed by atoms with E-state index in [9.17, 15) is 16.8 Å². The summed E-state index contributed by atoms with van der Waals surface area (Å²) >= 11 is 11.8. The van der Waals surface area contributed by atoms with Crippen LogP contribution in [0.1, 0.15) is 11.3 Å². The minimum Gasteiger partial charge on any atom is -0.283 e. The van der Waals surface area contributed by atoms with Gasteiger partial charge in [-0.3, -0.25) is 4.72 Å². The summed E-state index contributed by atoms with van der Waals surface area (Å²) in [6.45, 7) is 1.71. The van der Waals surface area contributed by atoms with Crippen LogP contribution in [-0.4, -0.2) is 26.8 Å². The van der Waals surface area contributed by atoms with Crippen molar-refractivity contribution in [2.24, 2.45) is 0 Å². The molecule has 0 spiro atoms. The summed E-state index contributed by atoms with van der Waals surface area (Å²) in [5.74, 6) is -0.422. The fourth-order valence-electron chi connectivity index (χ4n) is 2.44. The molecule has 30 heavy (non-hydrogen) atoms. The molecule has 0 amide bonds. The number of aryl methyl sites for hydroxylation is 1. The summed E-state index contributed by atoms with van der Waals surface area (Å²) in [6.07, 6.45) is 1.44. The first-order valence-corrected chi connectivity index (χ1v) is 12.3. The molecule has 1 heterocycles. The number of nitrogens with one attached hydrogen (secondary N) is 2. The number of rotatable bonds is 7. The van der Waals surface area contributed by atoms with Gasteiger partial charge < -0.3 is 0 Å². The molecule has 8 nitrogen and oxygen atoms in total. The smallest absolute Gasteiger partial charge is 0.264 e. The van der Waals surface area contributed by atoms with Crippen LogP contribution < -0.4 is 9.44 Å². The molecule has 0 saturated carbocycles. The molecule has 3 rings (SSSR count). The number of aromatic nitrogens is 2. The average molecular weight is 487 g/mol. The molecular formula is C18H16Cl2N4O4S2. The van der Waals surface area contributed by atoms with Gasteiger partial charge in [0.05, 0.1) is 10.6 Å². The van der Waals surface area contributed by atoms with E-state index in [1.165, 1.54) is 42.6 Å². The summed E-state index contributed by atoms with van der Waals surface area (Å²) in [4.78, 5) is 7.77. The molecule has 1 aromatic heterocycles. The highest BCUT2D eigenvalue weighted by Gasteiger charge is 2.18. The van der Waals surface area contributed by atoms with Gasteiger partial charge in [-0.2, -0.15) is 0 Å². The Morgan fingerprint density at radius 3 is 2.27 bits per heavy atom. The fourth-order valence-corrected chi connectivity index (χ4v) is 5.17. The van der Waals surface area contributed by atoms with Gasteiger partial charge in [0, 0.05) is 27.6 Å². The third-order valence-electron chi connectivity index (χ3n) is 3.82. The van der Waals surface area contributed by atoms with Crippen LogP contribution in [-0.2, 0) is 25.8 Å². The zero-order chi connectivity index (χ0) is 21.9. The highest BCUT2D eigenvalue weighted by Crippen LogP contribution is 2.24. The maximum absolute atomic E-state index is 12.5. The van der Waals surface area contributed by atoms with E-state index in [0.29, 0.717) is 16.3 Å². The Labute approximate surface area is 184 Å². The zero-order valence-electron chi connectivity index (χ0n) is 15.5. The van der Waals surface area contributed by atoms with Crippen molar-refractivity contribution in [3.8, 4) is 0 Å². The van der Waals surface area contributed by atoms with Gasteiger partial charge in [0.15, 0.2) is 0 Å².